The van der Waals surface area contributed by atoms with Gasteiger partial charge in [0.05, 0.1) is 0 Å². The van der Waals surface area contributed by atoms with Gasteiger partial charge in [-0.1, -0.05) is 50.6 Å². The molecule has 0 aromatic heterocycles. The standard InChI is InChI=1S/C20H33N3OS/c1-4-16(17-10-7-6-8-11-17)15-22-20(21-3)23-18-12-9-13-19(14-18)25(24)5-2/h6-8,10-11,16,18-19H,4-5,9,12-15H2,1-3H3,(H2,21,22,23). The van der Waals surface area contributed by atoms with Gasteiger partial charge in [0.1, 0.15) is 0 Å². The van der Waals surface area contributed by atoms with Gasteiger partial charge in [-0.3, -0.25) is 9.20 Å². The van der Waals surface area contributed by atoms with Crippen LogP contribution in [0.2, 0.25) is 0 Å². The van der Waals surface area contributed by atoms with Gasteiger partial charge in [0.15, 0.2) is 5.96 Å². The smallest absolute Gasteiger partial charge is 0.191 e. The summed E-state index contributed by atoms with van der Waals surface area (Å²) < 4.78 is 12.1. The maximum absolute atomic E-state index is 12.1. The Hall–Kier alpha value is -1.36. The summed E-state index contributed by atoms with van der Waals surface area (Å²) in [5.74, 6) is 2.10. The molecule has 0 amide bonds. The van der Waals surface area contributed by atoms with E-state index in [0.29, 0.717) is 17.2 Å². The molecule has 1 saturated carbocycles. The van der Waals surface area contributed by atoms with Crippen molar-refractivity contribution in [1.29, 1.82) is 0 Å². The lowest BCUT2D eigenvalue weighted by Gasteiger charge is -2.30. The van der Waals surface area contributed by atoms with Crippen LogP contribution < -0.4 is 10.6 Å². The van der Waals surface area contributed by atoms with Gasteiger partial charge >= 0.3 is 0 Å². The minimum absolute atomic E-state index is 0.335. The molecular formula is C20H33N3OS. The third-order valence-corrected chi connectivity index (χ3v) is 6.87. The van der Waals surface area contributed by atoms with E-state index in [0.717, 1.165) is 50.4 Å². The Morgan fingerprint density at radius 1 is 1.28 bits per heavy atom. The second-order valence-corrected chi connectivity index (χ2v) is 8.77. The second kappa shape index (κ2) is 10.6. The minimum Gasteiger partial charge on any atom is -0.356 e. The molecule has 0 aliphatic heterocycles. The number of guanidine groups is 1. The number of nitrogens with one attached hydrogen (secondary N) is 2. The van der Waals surface area contributed by atoms with Crippen LogP contribution in [-0.4, -0.2) is 40.8 Å². The zero-order valence-electron chi connectivity index (χ0n) is 15.8. The van der Waals surface area contributed by atoms with Crippen LogP contribution in [0.1, 0.15) is 57.4 Å². The molecule has 2 rings (SSSR count). The number of hydrogen-bond donors (Lipinski definition) is 2. The third-order valence-electron chi connectivity index (χ3n) is 5.13. The van der Waals surface area contributed by atoms with Crippen molar-refractivity contribution in [3.8, 4) is 0 Å². The largest absolute Gasteiger partial charge is 0.356 e. The Labute approximate surface area is 155 Å². The summed E-state index contributed by atoms with van der Waals surface area (Å²) in [6, 6.07) is 11.0. The summed E-state index contributed by atoms with van der Waals surface area (Å²) in [6.07, 6.45) is 5.45. The Morgan fingerprint density at radius 2 is 2.04 bits per heavy atom. The molecule has 1 aliphatic carbocycles. The van der Waals surface area contributed by atoms with E-state index in [2.05, 4.69) is 52.9 Å². The third kappa shape index (κ3) is 6.14. The Kier molecular flexibility index (Phi) is 8.45. The van der Waals surface area contributed by atoms with Crippen LogP contribution in [0.5, 0.6) is 0 Å². The first kappa shape index (κ1) is 20.0. The quantitative estimate of drug-likeness (QED) is 0.576. The zero-order chi connectivity index (χ0) is 18.1. The van der Waals surface area contributed by atoms with Gasteiger partial charge in [-0.05, 0) is 31.2 Å². The predicted molar refractivity (Wildman–Crippen MR) is 109 cm³/mol. The maximum Gasteiger partial charge on any atom is 0.191 e. The molecule has 0 spiro atoms. The van der Waals surface area contributed by atoms with E-state index >= 15 is 0 Å². The van der Waals surface area contributed by atoms with Crippen molar-refractivity contribution in [3.05, 3.63) is 35.9 Å². The molecule has 25 heavy (non-hydrogen) atoms. The van der Waals surface area contributed by atoms with Crippen LogP contribution in [0, 0.1) is 0 Å². The summed E-state index contributed by atoms with van der Waals surface area (Å²) in [5, 5.41) is 7.37. The molecule has 4 unspecified atom stereocenters. The number of nitrogens with zero attached hydrogens (tertiary/aromatic N) is 1. The van der Waals surface area contributed by atoms with E-state index in [-0.39, 0.29) is 0 Å². The van der Waals surface area contributed by atoms with E-state index < -0.39 is 10.8 Å². The van der Waals surface area contributed by atoms with E-state index in [4.69, 9.17) is 0 Å². The first-order valence-corrected chi connectivity index (χ1v) is 10.9. The maximum atomic E-state index is 12.1. The molecule has 4 nitrogen and oxygen atoms in total. The average Bonchev–Trinajstić information content (AvgIpc) is 2.67. The fourth-order valence-corrected chi connectivity index (χ4v) is 4.93. The van der Waals surface area contributed by atoms with Crippen molar-refractivity contribution in [2.24, 2.45) is 4.99 Å². The number of benzene rings is 1. The summed E-state index contributed by atoms with van der Waals surface area (Å²) >= 11 is 0. The molecule has 5 heteroatoms. The lowest BCUT2D eigenvalue weighted by Crippen LogP contribution is -2.47. The van der Waals surface area contributed by atoms with Gasteiger partial charge in [0.2, 0.25) is 0 Å². The van der Waals surface area contributed by atoms with Crippen LogP contribution in [0.25, 0.3) is 0 Å². The van der Waals surface area contributed by atoms with Crippen molar-refractivity contribution < 1.29 is 4.21 Å². The number of aliphatic imine (C=N–C) groups is 1. The van der Waals surface area contributed by atoms with Crippen LogP contribution in [0.4, 0.5) is 0 Å². The highest BCUT2D eigenvalue weighted by molar-refractivity contribution is 7.85. The topological polar surface area (TPSA) is 53.5 Å². The van der Waals surface area contributed by atoms with Crippen molar-refractivity contribution in [2.45, 2.75) is 63.2 Å². The van der Waals surface area contributed by atoms with E-state index in [1.807, 2.05) is 14.0 Å². The molecule has 1 aliphatic rings. The summed E-state index contributed by atoms with van der Waals surface area (Å²) in [7, 11) is 1.13. The first-order chi connectivity index (χ1) is 12.2. The zero-order valence-corrected chi connectivity index (χ0v) is 16.6. The number of hydrogen-bond acceptors (Lipinski definition) is 2. The Morgan fingerprint density at radius 3 is 2.68 bits per heavy atom. The van der Waals surface area contributed by atoms with Gasteiger partial charge in [0, 0.05) is 47.4 Å². The van der Waals surface area contributed by atoms with Crippen molar-refractivity contribution in [1.82, 2.24) is 10.6 Å². The van der Waals surface area contributed by atoms with Crippen LogP contribution in [-0.2, 0) is 10.8 Å². The van der Waals surface area contributed by atoms with Crippen LogP contribution >= 0.6 is 0 Å². The molecule has 0 radical (unpaired) electrons. The molecule has 1 fully saturated rings. The monoisotopic (exact) mass is 363 g/mol. The normalized spacial score (nSPS) is 23.7. The summed E-state index contributed by atoms with van der Waals surface area (Å²) in [6.45, 7) is 5.11. The van der Waals surface area contributed by atoms with Gasteiger partial charge < -0.3 is 10.6 Å². The van der Waals surface area contributed by atoms with Crippen molar-refractivity contribution in [2.75, 3.05) is 19.3 Å². The lowest BCUT2D eigenvalue weighted by atomic mass is 9.95. The molecule has 1 aromatic carbocycles. The summed E-state index contributed by atoms with van der Waals surface area (Å²) in [4.78, 5) is 4.39. The molecular weight excluding hydrogens is 330 g/mol. The molecule has 0 heterocycles. The highest BCUT2D eigenvalue weighted by atomic mass is 32.2. The molecule has 2 N–H and O–H groups in total. The van der Waals surface area contributed by atoms with Crippen molar-refractivity contribution >= 4 is 16.8 Å². The molecule has 0 bridgehead atoms. The van der Waals surface area contributed by atoms with Gasteiger partial charge in [-0.15, -0.1) is 0 Å². The lowest BCUT2D eigenvalue weighted by molar-refractivity contribution is 0.413. The second-order valence-electron chi connectivity index (χ2n) is 6.77. The molecule has 1 aromatic rings. The van der Waals surface area contributed by atoms with Gasteiger partial charge in [0.25, 0.3) is 0 Å². The van der Waals surface area contributed by atoms with E-state index in [1.54, 1.807) is 0 Å². The first-order valence-electron chi connectivity index (χ1n) is 9.57. The van der Waals surface area contributed by atoms with E-state index in [9.17, 15) is 4.21 Å². The van der Waals surface area contributed by atoms with Crippen LogP contribution in [0.15, 0.2) is 35.3 Å². The summed E-state index contributed by atoms with van der Waals surface area (Å²) in [5.41, 5.74) is 1.36. The number of rotatable bonds is 7. The highest BCUT2D eigenvalue weighted by Crippen LogP contribution is 2.23. The predicted octanol–water partition coefficient (Wildman–Crippen LogP) is 3.43. The molecule has 4 atom stereocenters. The minimum atomic E-state index is -0.689. The van der Waals surface area contributed by atoms with E-state index in [1.165, 1.54) is 5.56 Å². The highest BCUT2D eigenvalue weighted by Gasteiger charge is 2.26. The fraction of sp³-hybridized carbons (Fsp3) is 0.650. The molecule has 0 saturated heterocycles. The van der Waals surface area contributed by atoms with Crippen molar-refractivity contribution in [3.63, 3.8) is 0 Å². The Balaban J connectivity index is 1.87. The fourth-order valence-electron chi connectivity index (χ4n) is 3.58. The van der Waals surface area contributed by atoms with Gasteiger partial charge in [-0.25, -0.2) is 0 Å². The SMILES string of the molecule is CCC(CNC(=NC)NC1CCCC(S(=O)CC)C1)c1ccccc1. The van der Waals surface area contributed by atoms with Crippen LogP contribution in [0.3, 0.4) is 0 Å². The Bertz CT molecular complexity index is 561. The van der Waals surface area contributed by atoms with Gasteiger partial charge in [-0.2, -0.15) is 0 Å². The average molecular weight is 364 g/mol. The molecule has 140 valence electrons.